The Bertz CT molecular complexity index is 361. The first kappa shape index (κ1) is 11.2. The van der Waals surface area contributed by atoms with Crippen molar-refractivity contribution in [3.8, 4) is 0 Å². The van der Waals surface area contributed by atoms with Gasteiger partial charge in [0, 0.05) is 44.1 Å². The van der Waals surface area contributed by atoms with Crippen LogP contribution in [0, 0.1) is 5.92 Å². The van der Waals surface area contributed by atoms with E-state index in [9.17, 15) is 0 Å². The second kappa shape index (κ2) is 4.75. The quantitative estimate of drug-likeness (QED) is 0.860. The molecule has 3 nitrogen and oxygen atoms in total. The fourth-order valence-electron chi connectivity index (χ4n) is 2.82. The average Bonchev–Trinajstić information content (AvgIpc) is 3.23. The molecule has 2 atom stereocenters. The molecule has 0 amide bonds. The SMILES string of the molecule is CC(c1ccncc1)N1CCNC(C2CC2)C1. The Kier molecular flexibility index (Phi) is 3.12. The van der Waals surface area contributed by atoms with Crippen molar-refractivity contribution in [2.75, 3.05) is 19.6 Å². The Morgan fingerprint density at radius 1 is 1.35 bits per heavy atom. The summed E-state index contributed by atoms with van der Waals surface area (Å²) in [6.07, 6.45) is 6.64. The number of nitrogens with one attached hydrogen (secondary N) is 1. The van der Waals surface area contributed by atoms with Gasteiger partial charge in [0.05, 0.1) is 0 Å². The van der Waals surface area contributed by atoms with Gasteiger partial charge in [-0.15, -0.1) is 0 Å². The second-order valence-electron chi connectivity index (χ2n) is 5.35. The molecule has 92 valence electrons. The summed E-state index contributed by atoms with van der Waals surface area (Å²) in [4.78, 5) is 6.70. The van der Waals surface area contributed by atoms with Crippen molar-refractivity contribution in [1.82, 2.24) is 15.2 Å². The van der Waals surface area contributed by atoms with Gasteiger partial charge in [-0.2, -0.15) is 0 Å². The number of pyridine rings is 1. The summed E-state index contributed by atoms with van der Waals surface area (Å²) in [5.41, 5.74) is 1.39. The van der Waals surface area contributed by atoms with Crippen LogP contribution in [-0.4, -0.2) is 35.6 Å². The molecule has 3 heteroatoms. The van der Waals surface area contributed by atoms with Crippen LogP contribution in [0.15, 0.2) is 24.5 Å². The predicted octanol–water partition coefficient (Wildman–Crippen LogP) is 1.83. The van der Waals surface area contributed by atoms with Crippen molar-refractivity contribution in [3.63, 3.8) is 0 Å². The highest BCUT2D eigenvalue weighted by Crippen LogP contribution is 2.34. The number of piperazine rings is 1. The van der Waals surface area contributed by atoms with Crippen molar-refractivity contribution in [2.24, 2.45) is 5.92 Å². The van der Waals surface area contributed by atoms with Crippen molar-refractivity contribution in [1.29, 1.82) is 0 Å². The summed E-state index contributed by atoms with van der Waals surface area (Å²) in [5, 5.41) is 3.66. The molecule has 1 aliphatic carbocycles. The first-order valence-corrected chi connectivity index (χ1v) is 6.72. The normalized spacial score (nSPS) is 27.9. The lowest BCUT2D eigenvalue weighted by molar-refractivity contribution is 0.144. The van der Waals surface area contributed by atoms with Crippen molar-refractivity contribution in [2.45, 2.75) is 31.8 Å². The minimum Gasteiger partial charge on any atom is -0.311 e. The fourth-order valence-corrected chi connectivity index (χ4v) is 2.82. The minimum atomic E-state index is 0.515. The van der Waals surface area contributed by atoms with Crippen molar-refractivity contribution >= 4 is 0 Å². The highest BCUT2D eigenvalue weighted by Gasteiger charge is 2.35. The lowest BCUT2D eigenvalue weighted by Gasteiger charge is -2.37. The summed E-state index contributed by atoms with van der Waals surface area (Å²) in [5.74, 6) is 0.947. The number of rotatable bonds is 3. The molecular formula is C14H21N3. The number of aromatic nitrogens is 1. The fraction of sp³-hybridized carbons (Fsp3) is 0.643. The zero-order chi connectivity index (χ0) is 11.7. The zero-order valence-corrected chi connectivity index (χ0v) is 10.5. The summed E-state index contributed by atoms with van der Waals surface area (Å²) in [6.45, 7) is 5.81. The molecule has 1 N–H and O–H groups in total. The van der Waals surface area contributed by atoms with Gasteiger partial charge < -0.3 is 5.32 Å². The molecule has 0 aromatic carbocycles. The Balaban J connectivity index is 1.66. The van der Waals surface area contributed by atoms with Crippen molar-refractivity contribution in [3.05, 3.63) is 30.1 Å². The van der Waals surface area contributed by atoms with Gasteiger partial charge >= 0.3 is 0 Å². The molecule has 3 rings (SSSR count). The molecule has 2 fully saturated rings. The molecule has 0 bridgehead atoms. The Morgan fingerprint density at radius 2 is 2.12 bits per heavy atom. The van der Waals surface area contributed by atoms with Crippen LogP contribution in [0.5, 0.6) is 0 Å². The van der Waals surface area contributed by atoms with Gasteiger partial charge in [0.1, 0.15) is 0 Å². The highest BCUT2D eigenvalue weighted by molar-refractivity contribution is 5.14. The van der Waals surface area contributed by atoms with E-state index in [4.69, 9.17) is 0 Å². The average molecular weight is 231 g/mol. The molecule has 1 aromatic heterocycles. The first-order chi connectivity index (χ1) is 8.34. The van der Waals surface area contributed by atoms with E-state index in [1.54, 1.807) is 0 Å². The molecule has 1 saturated heterocycles. The zero-order valence-electron chi connectivity index (χ0n) is 10.5. The molecule has 2 aliphatic rings. The predicted molar refractivity (Wildman–Crippen MR) is 68.7 cm³/mol. The van der Waals surface area contributed by atoms with Crippen LogP contribution in [0.2, 0.25) is 0 Å². The third-order valence-corrected chi connectivity index (χ3v) is 4.16. The largest absolute Gasteiger partial charge is 0.311 e. The van der Waals surface area contributed by atoms with Gasteiger partial charge in [0.25, 0.3) is 0 Å². The third-order valence-electron chi connectivity index (χ3n) is 4.16. The summed E-state index contributed by atoms with van der Waals surface area (Å²) in [6, 6.07) is 5.52. The van der Waals surface area contributed by atoms with Crippen LogP contribution < -0.4 is 5.32 Å². The van der Waals surface area contributed by atoms with E-state index in [1.165, 1.54) is 24.9 Å². The molecule has 0 spiro atoms. The Morgan fingerprint density at radius 3 is 2.82 bits per heavy atom. The lowest BCUT2D eigenvalue weighted by Crippen LogP contribution is -2.52. The van der Waals surface area contributed by atoms with Gasteiger partial charge in [-0.25, -0.2) is 0 Å². The summed E-state index contributed by atoms with van der Waals surface area (Å²) in [7, 11) is 0. The maximum absolute atomic E-state index is 4.10. The maximum Gasteiger partial charge on any atom is 0.0322 e. The topological polar surface area (TPSA) is 28.2 Å². The van der Waals surface area contributed by atoms with Gasteiger partial charge in [-0.3, -0.25) is 9.88 Å². The third kappa shape index (κ3) is 2.50. The van der Waals surface area contributed by atoms with Crippen LogP contribution in [0.3, 0.4) is 0 Å². The number of nitrogens with zero attached hydrogens (tertiary/aromatic N) is 2. The van der Waals surface area contributed by atoms with Crippen LogP contribution in [0.1, 0.15) is 31.4 Å². The Labute approximate surface area is 103 Å². The maximum atomic E-state index is 4.10. The van der Waals surface area contributed by atoms with E-state index in [1.807, 2.05) is 12.4 Å². The Hall–Kier alpha value is -0.930. The van der Waals surface area contributed by atoms with Gasteiger partial charge in [0.2, 0.25) is 0 Å². The molecule has 2 unspecified atom stereocenters. The molecule has 1 saturated carbocycles. The molecule has 1 aromatic rings. The molecule has 17 heavy (non-hydrogen) atoms. The lowest BCUT2D eigenvalue weighted by atomic mass is 10.0. The highest BCUT2D eigenvalue weighted by atomic mass is 15.2. The van der Waals surface area contributed by atoms with E-state index in [0.29, 0.717) is 6.04 Å². The van der Waals surface area contributed by atoms with Crippen LogP contribution in [-0.2, 0) is 0 Å². The van der Waals surface area contributed by atoms with E-state index in [-0.39, 0.29) is 0 Å². The smallest absolute Gasteiger partial charge is 0.0322 e. The van der Waals surface area contributed by atoms with E-state index in [2.05, 4.69) is 34.3 Å². The van der Waals surface area contributed by atoms with E-state index < -0.39 is 0 Å². The van der Waals surface area contributed by atoms with Crippen LogP contribution in [0.25, 0.3) is 0 Å². The molecular weight excluding hydrogens is 210 g/mol. The van der Waals surface area contributed by atoms with E-state index in [0.717, 1.165) is 25.0 Å². The van der Waals surface area contributed by atoms with Gasteiger partial charge in [-0.05, 0) is 43.4 Å². The number of hydrogen-bond acceptors (Lipinski definition) is 3. The van der Waals surface area contributed by atoms with Gasteiger partial charge in [0.15, 0.2) is 0 Å². The van der Waals surface area contributed by atoms with E-state index >= 15 is 0 Å². The molecule has 2 heterocycles. The number of hydrogen-bond donors (Lipinski definition) is 1. The van der Waals surface area contributed by atoms with Crippen LogP contribution in [0.4, 0.5) is 0 Å². The first-order valence-electron chi connectivity index (χ1n) is 6.72. The summed E-state index contributed by atoms with van der Waals surface area (Å²) < 4.78 is 0. The van der Waals surface area contributed by atoms with Gasteiger partial charge in [-0.1, -0.05) is 0 Å². The molecule has 0 radical (unpaired) electrons. The molecule has 1 aliphatic heterocycles. The minimum absolute atomic E-state index is 0.515. The second-order valence-corrected chi connectivity index (χ2v) is 5.35. The summed E-state index contributed by atoms with van der Waals surface area (Å²) >= 11 is 0. The monoisotopic (exact) mass is 231 g/mol. The van der Waals surface area contributed by atoms with Crippen molar-refractivity contribution < 1.29 is 0 Å². The standard InChI is InChI=1S/C14H21N3/c1-11(12-4-6-15-7-5-12)17-9-8-16-14(10-17)13-2-3-13/h4-7,11,13-14,16H,2-3,8-10H2,1H3. The van der Waals surface area contributed by atoms with Crippen LogP contribution >= 0.6 is 0 Å².